The van der Waals surface area contributed by atoms with Gasteiger partial charge in [0, 0.05) is 5.56 Å². The second-order valence-corrected chi connectivity index (χ2v) is 6.43. The van der Waals surface area contributed by atoms with E-state index >= 15 is 0 Å². The van der Waals surface area contributed by atoms with Crippen LogP contribution in [0.1, 0.15) is 21.5 Å². The molecule has 2 aromatic carbocycles. The first-order chi connectivity index (χ1) is 11.8. The summed E-state index contributed by atoms with van der Waals surface area (Å²) in [5.41, 5.74) is 0.141. The van der Waals surface area contributed by atoms with Crippen molar-refractivity contribution in [2.75, 3.05) is 7.11 Å². The molecule has 0 aliphatic carbocycles. The van der Waals surface area contributed by atoms with Gasteiger partial charge in [-0.2, -0.15) is 5.26 Å². The zero-order valence-electron chi connectivity index (χ0n) is 13.0. The molecule has 2 aromatic rings. The maximum atomic E-state index is 13.7. The third-order valence-corrected chi connectivity index (χ3v) is 4.17. The number of rotatable bonds is 5. The van der Waals surface area contributed by atoms with Gasteiger partial charge in [0.2, 0.25) is 10.0 Å². The summed E-state index contributed by atoms with van der Waals surface area (Å²) in [6.07, 6.45) is 0. The Morgan fingerprint density at radius 1 is 1.28 bits per heavy atom. The van der Waals surface area contributed by atoms with Crippen LogP contribution in [0.25, 0.3) is 0 Å². The van der Waals surface area contributed by atoms with Crippen LogP contribution in [0.4, 0.5) is 4.39 Å². The molecule has 2 rings (SSSR count). The molecule has 0 unspecified atom stereocenters. The molecule has 0 saturated carbocycles. The van der Waals surface area contributed by atoms with Gasteiger partial charge >= 0.3 is 5.97 Å². The summed E-state index contributed by atoms with van der Waals surface area (Å²) >= 11 is 0. The van der Waals surface area contributed by atoms with E-state index in [0.29, 0.717) is 0 Å². The van der Waals surface area contributed by atoms with Gasteiger partial charge in [-0.15, -0.1) is 0 Å². The van der Waals surface area contributed by atoms with Crippen LogP contribution in [0.3, 0.4) is 0 Å². The van der Waals surface area contributed by atoms with Crippen LogP contribution in [0.15, 0.2) is 41.3 Å². The van der Waals surface area contributed by atoms with Crippen LogP contribution in [-0.2, 0) is 21.4 Å². The molecular weight excluding hydrogens is 351 g/mol. The molecule has 0 radical (unpaired) electrons. The minimum Gasteiger partial charge on any atom is -0.495 e. The Hall–Kier alpha value is -2.96. The van der Waals surface area contributed by atoms with Crippen molar-refractivity contribution in [2.24, 2.45) is 5.14 Å². The van der Waals surface area contributed by atoms with Crippen molar-refractivity contribution in [1.29, 1.82) is 5.26 Å². The van der Waals surface area contributed by atoms with Gasteiger partial charge in [-0.05, 0) is 36.4 Å². The SMILES string of the molecule is COc1ccc(C(=O)OCc2cc(C#N)ccc2F)cc1S(N)(=O)=O. The number of ether oxygens (including phenoxy) is 2. The molecule has 0 amide bonds. The highest BCUT2D eigenvalue weighted by Gasteiger charge is 2.19. The minimum atomic E-state index is -4.11. The Balaban J connectivity index is 2.24. The van der Waals surface area contributed by atoms with E-state index in [4.69, 9.17) is 19.9 Å². The minimum absolute atomic E-state index is 0.0209. The number of esters is 1. The third kappa shape index (κ3) is 4.32. The summed E-state index contributed by atoms with van der Waals surface area (Å²) in [6, 6.07) is 9.05. The van der Waals surface area contributed by atoms with Crippen molar-refractivity contribution < 1.29 is 27.1 Å². The zero-order chi connectivity index (χ0) is 18.6. The van der Waals surface area contributed by atoms with Crippen molar-refractivity contribution in [1.82, 2.24) is 0 Å². The summed E-state index contributed by atoms with van der Waals surface area (Å²) in [5, 5.41) is 13.9. The fraction of sp³-hybridized carbons (Fsp3) is 0.125. The van der Waals surface area contributed by atoms with Gasteiger partial charge in [0.25, 0.3) is 0 Å². The lowest BCUT2D eigenvalue weighted by molar-refractivity contribution is 0.0468. The number of halogens is 1. The number of methoxy groups -OCH3 is 1. The lowest BCUT2D eigenvalue weighted by Gasteiger charge is -2.10. The van der Waals surface area contributed by atoms with Crippen LogP contribution in [0.2, 0.25) is 0 Å². The number of hydrogen-bond donors (Lipinski definition) is 1. The lowest BCUT2D eigenvalue weighted by atomic mass is 10.1. The largest absolute Gasteiger partial charge is 0.495 e. The second kappa shape index (κ2) is 7.29. The molecule has 0 aliphatic heterocycles. The molecule has 0 bridgehead atoms. The second-order valence-electron chi connectivity index (χ2n) is 4.90. The van der Waals surface area contributed by atoms with Crippen molar-refractivity contribution >= 4 is 16.0 Å². The Labute approximate surface area is 143 Å². The van der Waals surface area contributed by atoms with Crippen LogP contribution < -0.4 is 9.88 Å². The maximum Gasteiger partial charge on any atom is 0.338 e. The summed E-state index contributed by atoms with van der Waals surface area (Å²) in [6.45, 7) is -0.420. The number of benzene rings is 2. The number of primary sulfonamides is 1. The highest BCUT2D eigenvalue weighted by Crippen LogP contribution is 2.24. The van der Waals surface area contributed by atoms with E-state index in [9.17, 15) is 17.6 Å². The van der Waals surface area contributed by atoms with Gasteiger partial charge < -0.3 is 9.47 Å². The molecule has 0 saturated heterocycles. The predicted octanol–water partition coefficient (Wildman–Crippen LogP) is 1.71. The molecule has 2 N–H and O–H groups in total. The molecule has 7 nitrogen and oxygen atoms in total. The molecule has 0 heterocycles. The molecule has 0 fully saturated rings. The van der Waals surface area contributed by atoms with Crippen LogP contribution in [0, 0.1) is 17.1 Å². The monoisotopic (exact) mass is 364 g/mol. The highest BCUT2D eigenvalue weighted by molar-refractivity contribution is 7.89. The highest BCUT2D eigenvalue weighted by atomic mass is 32.2. The van der Waals surface area contributed by atoms with Crippen LogP contribution >= 0.6 is 0 Å². The van der Waals surface area contributed by atoms with Gasteiger partial charge in [-0.1, -0.05) is 0 Å². The van der Waals surface area contributed by atoms with Crippen LogP contribution in [-0.4, -0.2) is 21.5 Å². The van der Waals surface area contributed by atoms with Gasteiger partial charge in [0.15, 0.2) is 0 Å². The maximum absolute atomic E-state index is 13.7. The fourth-order valence-electron chi connectivity index (χ4n) is 2.01. The Morgan fingerprint density at radius 3 is 2.60 bits per heavy atom. The molecule has 9 heteroatoms. The van der Waals surface area contributed by atoms with Gasteiger partial charge in [-0.25, -0.2) is 22.7 Å². The van der Waals surface area contributed by atoms with Crippen molar-refractivity contribution in [2.45, 2.75) is 11.5 Å². The topological polar surface area (TPSA) is 119 Å². The Kier molecular flexibility index (Phi) is 5.36. The molecule has 0 aliphatic rings. The molecule has 0 atom stereocenters. The van der Waals surface area contributed by atoms with Gasteiger partial charge in [-0.3, -0.25) is 0 Å². The normalized spacial score (nSPS) is 10.8. The van der Waals surface area contributed by atoms with Crippen LogP contribution in [0.5, 0.6) is 5.75 Å². The van der Waals surface area contributed by atoms with Crippen molar-refractivity contribution in [3.8, 4) is 11.8 Å². The van der Waals surface area contributed by atoms with Crippen molar-refractivity contribution in [3.05, 3.63) is 58.9 Å². The summed E-state index contributed by atoms with van der Waals surface area (Å²) in [7, 11) is -2.86. The molecule has 0 spiro atoms. The number of nitrogens with two attached hydrogens (primary N) is 1. The number of carbonyl (C=O) groups is 1. The quantitative estimate of drug-likeness (QED) is 0.807. The molecular formula is C16H13FN2O5S. The average Bonchev–Trinajstić information content (AvgIpc) is 2.59. The zero-order valence-corrected chi connectivity index (χ0v) is 13.8. The van der Waals surface area contributed by atoms with Crippen molar-refractivity contribution in [3.63, 3.8) is 0 Å². The van der Waals surface area contributed by atoms with E-state index in [0.717, 1.165) is 12.1 Å². The molecule has 25 heavy (non-hydrogen) atoms. The van der Waals surface area contributed by atoms with E-state index in [1.54, 1.807) is 0 Å². The van der Waals surface area contributed by atoms with Gasteiger partial charge in [0.05, 0.1) is 24.3 Å². The van der Waals surface area contributed by atoms with E-state index in [2.05, 4.69) is 0 Å². The predicted molar refractivity (Wildman–Crippen MR) is 84.6 cm³/mol. The summed E-state index contributed by atoms with van der Waals surface area (Å²) < 4.78 is 46.6. The number of nitriles is 1. The smallest absolute Gasteiger partial charge is 0.338 e. The average molecular weight is 364 g/mol. The number of hydrogen-bond acceptors (Lipinski definition) is 6. The van der Waals surface area contributed by atoms with E-state index in [-0.39, 0.29) is 27.3 Å². The first-order valence-electron chi connectivity index (χ1n) is 6.82. The molecule has 0 aromatic heterocycles. The number of carbonyl (C=O) groups excluding carboxylic acids is 1. The van der Waals surface area contributed by atoms with Gasteiger partial charge in [0.1, 0.15) is 23.1 Å². The standard InChI is InChI=1S/C16H13FN2O5S/c1-23-14-5-3-11(7-15(14)25(19,21)22)16(20)24-9-12-6-10(8-18)2-4-13(12)17/h2-7H,9H2,1H3,(H2,19,21,22). The Bertz CT molecular complexity index is 967. The summed E-state index contributed by atoms with van der Waals surface area (Å²) in [4.78, 5) is 11.7. The fourth-order valence-corrected chi connectivity index (χ4v) is 2.73. The first kappa shape index (κ1) is 18.4. The third-order valence-electron chi connectivity index (χ3n) is 3.24. The van der Waals surface area contributed by atoms with E-state index in [1.165, 1.54) is 31.4 Å². The van der Waals surface area contributed by atoms with E-state index in [1.807, 2.05) is 6.07 Å². The van der Waals surface area contributed by atoms with E-state index < -0.39 is 28.4 Å². The Morgan fingerprint density at radius 2 is 2.00 bits per heavy atom. The first-order valence-corrected chi connectivity index (χ1v) is 8.37. The summed E-state index contributed by atoms with van der Waals surface area (Å²) in [5.74, 6) is -1.53. The lowest BCUT2D eigenvalue weighted by Crippen LogP contribution is -2.15. The molecule has 130 valence electrons. The number of nitrogens with zero attached hydrogens (tertiary/aromatic N) is 1. The number of sulfonamides is 1.